The van der Waals surface area contributed by atoms with E-state index in [1.54, 1.807) is 6.07 Å². The van der Waals surface area contributed by atoms with Gasteiger partial charge in [0.05, 0.1) is 4.47 Å². The SMILES string of the molecule is CC(C)(C)OC(=O)NC1CC(Nc2ccc(Br)c(F)c2)C1. The summed E-state index contributed by atoms with van der Waals surface area (Å²) in [5.41, 5.74) is 0.261. The van der Waals surface area contributed by atoms with Crippen LogP contribution in [-0.2, 0) is 4.74 Å². The Morgan fingerprint density at radius 2 is 2.00 bits per heavy atom. The van der Waals surface area contributed by atoms with Crippen molar-refractivity contribution in [1.29, 1.82) is 0 Å². The van der Waals surface area contributed by atoms with Crippen molar-refractivity contribution in [3.8, 4) is 0 Å². The molecular weight excluding hydrogens is 339 g/mol. The van der Waals surface area contributed by atoms with Gasteiger partial charge in [0.25, 0.3) is 0 Å². The van der Waals surface area contributed by atoms with Gasteiger partial charge in [-0.05, 0) is 67.7 Å². The summed E-state index contributed by atoms with van der Waals surface area (Å²) in [6, 6.07) is 5.30. The van der Waals surface area contributed by atoms with Gasteiger partial charge in [0.15, 0.2) is 0 Å². The van der Waals surface area contributed by atoms with Crippen molar-refractivity contribution in [3.05, 3.63) is 28.5 Å². The van der Waals surface area contributed by atoms with Crippen LogP contribution in [0.4, 0.5) is 14.9 Å². The van der Waals surface area contributed by atoms with Gasteiger partial charge >= 0.3 is 6.09 Å². The smallest absolute Gasteiger partial charge is 0.407 e. The molecule has 0 aliphatic heterocycles. The standard InChI is InChI=1S/C15H20BrFN2O2/c1-15(2,3)21-14(20)19-11-6-10(7-11)18-9-4-5-12(16)13(17)8-9/h4-5,8,10-11,18H,6-7H2,1-3H3,(H,19,20). The number of alkyl carbamates (subject to hydrolysis) is 1. The van der Waals surface area contributed by atoms with Crippen molar-refractivity contribution in [2.24, 2.45) is 0 Å². The Hall–Kier alpha value is -1.30. The van der Waals surface area contributed by atoms with Crippen molar-refractivity contribution in [1.82, 2.24) is 5.32 Å². The molecule has 0 saturated heterocycles. The number of anilines is 1. The number of rotatable bonds is 3. The highest BCUT2D eigenvalue weighted by atomic mass is 79.9. The Balaban J connectivity index is 1.74. The first-order valence-electron chi connectivity index (χ1n) is 6.94. The molecule has 0 atom stereocenters. The van der Waals surface area contributed by atoms with E-state index in [1.165, 1.54) is 6.07 Å². The lowest BCUT2D eigenvalue weighted by atomic mass is 9.86. The predicted octanol–water partition coefficient (Wildman–Crippen LogP) is 4.06. The first kappa shape index (κ1) is 16.1. The molecule has 6 heteroatoms. The molecule has 21 heavy (non-hydrogen) atoms. The third-order valence-electron chi connectivity index (χ3n) is 3.15. The summed E-state index contributed by atoms with van der Waals surface area (Å²) in [6.07, 6.45) is 1.22. The summed E-state index contributed by atoms with van der Waals surface area (Å²) in [7, 11) is 0. The number of carbonyl (C=O) groups excluding carboxylic acids is 1. The zero-order valence-corrected chi connectivity index (χ0v) is 14.0. The van der Waals surface area contributed by atoms with Gasteiger partial charge in [0, 0.05) is 17.8 Å². The first-order chi connectivity index (χ1) is 9.73. The molecule has 2 N–H and O–H groups in total. The number of nitrogens with one attached hydrogen (secondary N) is 2. The molecular formula is C15H20BrFN2O2. The van der Waals surface area contributed by atoms with Crippen LogP contribution in [0.2, 0.25) is 0 Å². The molecule has 0 radical (unpaired) electrons. The van der Waals surface area contributed by atoms with E-state index in [-0.39, 0.29) is 24.0 Å². The molecule has 4 nitrogen and oxygen atoms in total. The fourth-order valence-corrected chi connectivity index (χ4v) is 2.40. The largest absolute Gasteiger partial charge is 0.444 e. The van der Waals surface area contributed by atoms with Crippen molar-refractivity contribution in [2.75, 3.05) is 5.32 Å². The lowest BCUT2D eigenvalue weighted by Crippen LogP contribution is -2.50. The molecule has 1 aliphatic carbocycles. The Kier molecular flexibility index (Phi) is 4.76. The summed E-state index contributed by atoms with van der Waals surface area (Å²) >= 11 is 3.12. The molecule has 1 saturated carbocycles. The van der Waals surface area contributed by atoms with Crippen LogP contribution in [0.25, 0.3) is 0 Å². The van der Waals surface area contributed by atoms with Crippen LogP contribution in [0.1, 0.15) is 33.6 Å². The minimum absolute atomic E-state index is 0.109. The van der Waals surface area contributed by atoms with Crippen molar-refractivity contribution in [2.45, 2.75) is 51.3 Å². The molecule has 2 rings (SSSR count). The predicted molar refractivity (Wildman–Crippen MR) is 83.9 cm³/mol. The number of amides is 1. The highest BCUT2D eigenvalue weighted by Gasteiger charge is 2.31. The summed E-state index contributed by atoms with van der Waals surface area (Å²) < 4.78 is 19.0. The first-order valence-corrected chi connectivity index (χ1v) is 7.73. The van der Waals surface area contributed by atoms with Gasteiger partial charge in [-0.15, -0.1) is 0 Å². The highest BCUT2D eigenvalue weighted by Crippen LogP contribution is 2.26. The molecule has 0 aromatic heterocycles. The van der Waals surface area contributed by atoms with Crippen LogP contribution >= 0.6 is 15.9 Å². The number of hydrogen-bond acceptors (Lipinski definition) is 3. The van der Waals surface area contributed by atoms with E-state index in [9.17, 15) is 9.18 Å². The van der Waals surface area contributed by atoms with Gasteiger partial charge in [-0.25, -0.2) is 9.18 Å². The zero-order valence-electron chi connectivity index (χ0n) is 12.4. The third-order valence-corrected chi connectivity index (χ3v) is 3.79. The fourth-order valence-electron chi connectivity index (χ4n) is 2.15. The third kappa shape index (κ3) is 4.88. The Bertz CT molecular complexity index is 525. The van der Waals surface area contributed by atoms with Gasteiger partial charge < -0.3 is 15.4 Å². The van der Waals surface area contributed by atoms with Crippen LogP contribution in [0.3, 0.4) is 0 Å². The molecule has 1 aliphatic rings. The molecule has 1 fully saturated rings. The van der Waals surface area contributed by atoms with Crippen LogP contribution in [0.5, 0.6) is 0 Å². The van der Waals surface area contributed by atoms with Crippen LogP contribution < -0.4 is 10.6 Å². The van der Waals surface area contributed by atoms with E-state index in [2.05, 4.69) is 26.6 Å². The molecule has 0 heterocycles. The number of benzene rings is 1. The maximum absolute atomic E-state index is 13.4. The van der Waals surface area contributed by atoms with E-state index in [1.807, 2.05) is 26.8 Å². The Morgan fingerprint density at radius 1 is 1.33 bits per heavy atom. The summed E-state index contributed by atoms with van der Waals surface area (Å²) in [6.45, 7) is 5.50. The average Bonchev–Trinajstić information content (AvgIpc) is 2.28. The van der Waals surface area contributed by atoms with Gasteiger partial charge in [-0.3, -0.25) is 0 Å². The van der Waals surface area contributed by atoms with Gasteiger partial charge in [0.2, 0.25) is 0 Å². The van der Waals surface area contributed by atoms with Gasteiger partial charge in [-0.2, -0.15) is 0 Å². The van der Waals surface area contributed by atoms with Crippen LogP contribution in [0, 0.1) is 5.82 Å². The number of ether oxygens (including phenoxy) is 1. The molecule has 1 aromatic rings. The molecule has 116 valence electrons. The second-order valence-corrected chi connectivity index (χ2v) is 7.14. The lowest BCUT2D eigenvalue weighted by molar-refractivity contribution is 0.0475. The monoisotopic (exact) mass is 358 g/mol. The van der Waals surface area contributed by atoms with Crippen molar-refractivity contribution in [3.63, 3.8) is 0 Å². The number of hydrogen-bond donors (Lipinski definition) is 2. The van der Waals surface area contributed by atoms with Crippen molar-refractivity contribution < 1.29 is 13.9 Å². The molecule has 0 spiro atoms. The zero-order chi connectivity index (χ0) is 15.6. The Morgan fingerprint density at radius 3 is 2.57 bits per heavy atom. The van der Waals surface area contributed by atoms with E-state index in [0.717, 1.165) is 18.5 Å². The molecule has 1 aromatic carbocycles. The van der Waals surface area contributed by atoms with E-state index in [0.29, 0.717) is 4.47 Å². The summed E-state index contributed by atoms with van der Waals surface area (Å²) in [5.74, 6) is -0.289. The van der Waals surface area contributed by atoms with E-state index in [4.69, 9.17) is 4.74 Å². The maximum Gasteiger partial charge on any atom is 0.407 e. The van der Waals surface area contributed by atoms with Gasteiger partial charge in [-0.1, -0.05) is 0 Å². The normalized spacial score (nSPS) is 21.4. The minimum Gasteiger partial charge on any atom is -0.444 e. The second-order valence-electron chi connectivity index (χ2n) is 6.28. The van der Waals surface area contributed by atoms with E-state index >= 15 is 0 Å². The van der Waals surface area contributed by atoms with Gasteiger partial charge in [0.1, 0.15) is 11.4 Å². The molecule has 1 amide bonds. The quantitative estimate of drug-likeness (QED) is 0.856. The number of halogens is 2. The Labute approximate surface area is 132 Å². The molecule has 0 bridgehead atoms. The topological polar surface area (TPSA) is 50.4 Å². The summed E-state index contributed by atoms with van der Waals surface area (Å²) in [4.78, 5) is 11.6. The summed E-state index contributed by atoms with van der Waals surface area (Å²) in [5, 5.41) is 6.07. The second kappa shape index (κ2) is 6.22. The van der Waals surface area contributed by atoms with Crippen LogP contribution in [0.15, 0.2) is 22.7 Å². The maximum atomic E-state index is 13.4. The van der Waals surface area contributed by atoms with Crippen molar-refractivity contribution >= 4 is 27.7 Å². The van der Waals surface area contributed by atoms with E-state index < -0.39 is 5.60 Å². The number of carbonyl (C=O) groups is 1. The highest BCUT2D eigenvalue weighted by molar-refractivity contribution is 9.10. The minimum atomic E-state index is -0.486. The lowest BCUT2D eigenvalue weighted by Gasteiger charge is -2.37. The van der Waals surface area contributed by atoms with Crippen LogP contribution in [-0.4, -0.2) is 23.8 Å². The average molecular weight is 359 g/mol. The fraction of sp³-hybridized carbons (Fsp3) is 0.533. The molecule has 0 unspecified atom stereocenters.